The summed E-state index contributed by atoms with van der Waals surface area (Å²) in [5.74, 6) is 1.00. The molecule has 2 aromatic rings. The first-order valence-corrected chi connectivity index (χ1v) is 15.4. The summed E-state index contributed by atoms with van der Waals surface area (Å²) < 4.78 is 6.60. The molecule has 2 aromatic carbocycles. The van der Waals surface area contributed by atoms with Gasteiger partial charge in [-0.3, -0.25) is 4.79 Å². The topological polar surface area (TPSA) is 50.4 Å². The second-order valence-electron chi connectivity index (χ2n) is 11.4. The Kier molecular flexibility index (Phi) is 11.8. The Hall–Kier alpha value is -2.46. The molecule has 0 atom stereocenters. The highest BCUT2D eigenvalue weighted by Gasteiger charge is 2.37. The number of carbonyl (C=O) groups is 1. The van der Waals surface area contributed by atoms with Crippen molar-refractivity contribution in [1.29, 1.82) is 0 Å². The summed E-state index contributed by atoms with van der Waals surface area (Å²) in [5.41, 5.74) is 6.07. The van der Waals surface area contributed by atoms with Gasteiger partial charge in [-0.05, 0) is 68.7 Å². The monoisotopic (exact) mass is 552 g/mol. The molecule has 4 rings (SSSR count). The summed E-state index contributed by atoms with van der Waals surface area (Å²) in [5, 5.41) is 7.34. The smallest absolute Gasteiger partial charge is 0.251 e. The summed E-state index contributed by atoms with van der Waals surface area (Å²) in [6, 6.07) is 10.6. The number of rotatable bonds is 9. The van der Waals surface area contributed by atoms with Crippen molar-refractivity contribution in [2.75, 3.05) is 11.9 Å². The molecule has 0 saturated heterocycles. The van der Waals surface area contributed by atoms with Gasteiger partial charge in [0, 0.05) is 36.2 Å². The normalized spacial score (nSPS) is 16.4. The van der Waals surface area contributed by atoms with E-state index in [1.54, 1.807) is 0 Å². The zero-order valence-electron chi connectivity index (χ0n) is 24.9. The van der Waals surface area contributed by atoms with Gasteiger partial charge in [0.25, 0.3) is 5.91 Å². The van der Waals surface area contributed by atoms with Gasteiger partial charge >= 0.3 is 0 Å². The maximum atomic E-state index is 11.7. The Morgan fingerprint density at radius 1 is 1.03 bits per heavy atom. The molecule has 1 aliphatic heterocycles. The Bertz CT molecular complexity index is 1090. The predicted molar refractivity (Wildman–Crippen MR) is 167 cm³/mol. The lowest BCUT2D eigenvalue weighted by atomic mass is 9.81. The molecule has 1 amide bonds. The van der Waals surface area contributed by atoms with Crippen LogP contribution in [0.1, 0.15) is 118 Å². The molecule has 39 heavy (non-hydrogen) atoms. The molecular formula is C34H49ClN2O2. The van der Waals surface area contributed by atoms with Crippen LogP contribution in [-0.2, 0) is 0 Å². The van der Waals surface area contributed by atoms with E-state index in [1.807, 2.05) is 45.0 Å². The number of halogens is 1. The molecule has 214 valence electrons. The van der Waals surface area contributed by atoms with Crippen molar-refractivity contribution in [3.63, 3.8) is 0 Å². The largest absolute Gasteiger partial charge is 0.486 e. The Balaban J connectivity index is 0.000000255. The van der Waals surface area contributed by atoms with Crippen molar-refractivity contribution in [2.45, 2.75) is 117 Å². The third kappa shape index (κ3) is 8.27. The number of nitrogens with one attached hydrogen (secondary N) is 2. The van der Waals surface area contributed by atoms with E-state index in [4.69, 9.17) is 16.3 Å². The van der Waals surface area contributed by atoms with E-state index in [9.17, 15) is 4.79 Å². The summed E-state index contributed by atoms with van der Waals surface area (Å²) in [7, 11) is 0. The fourth-order valence-electron chi connectivity index (χ4n) is 6.06. The minimum Gasteiger partial charge on any atom is -0.486 e. The van der Waals surface area contributed by atoms with E-state index in [2.05, 4.69) is 37.1 Å². The number of ether oxygens (including phenoxy) is 1. The van der Waals surface area contributed by atoms with Crippen molar-refractivity contribution >= 4 is 28.8 Å². The highest BCUT2D eigenvalue weighted by atomic mass is 35.5. The summed E-state index contributed by atoms with van der Waals surface area (Å²) in [6.07, 6.45) is 12.7. The standard InChI is InChI=1S/C22H32ClNO.C12H17NO/c1-4-11-22(12-5-2)15-16(3)18-13-19(23)20(14-21(18)25-22)24-17-9-7-6-8-10-17;1-4-8-13-12(14)11-9(2)6-5-7-10(11)3/h13-14,17,24H,3-12,15H2,1-2H3;5-7H,4,8H2,1-3H3,(H,13,14). The van der Waals surface area contributed by atoms with E-state index in [-0.39, 0.29) is 11.5 Å². The predicted octanol–water partition coefficient (Wildman–Crippen LogP) is 9.66. The van der Waals surface area contributed by atoms with E-state index in [1.165, 1.54) is 32.1 Å². The fraction of sp³-hybridized carbons (Fsp3) is 0.559. The van der Waals surface area contributed by atoms with Crippen LogP contribution in [0.2, 0.25) is 5.02 Å². The molecule has 1 saturated carbocycles. The van der Waals surface area contributed by atoms with Crippen molar-refractivity contribution in [3.05, 3.63) is 64.2 Å². The molecule has 0 radical (unpaired) electrons. The molecule has 0 bridgehead atoms. The van der Waals surface area contributed by atoms with Crippen molar-refractivity contribution in [1.82, 2.24) is 5.32 Å². The minimum atomic E-state index is -0.0937. The summed E-state index contributed by atoms with van der Waals surface area (Å²) in [4.78, 5) is 11.7. The van der Waals surface area contributed by atoms with Gasteiger partial charge in [0.1, 0.15) is 11.4 Å². The maximum absolute atomic E-state index is 11.7. The highest BCUT2D eigenvalue weighted by Crippen LogP contribution is 2.46. The van der Waals surface area contributed by atoms with Gasteiger partial charge in [-0.1, -0.05) is 89.3 Å². The van der Waals surface area contributed by atoms with Crippen LogP contribution in [0.15, 0.2) is 36.9 Å². The van der Waals surface area contributed by atoms with Crippen molar-refractivity contribution in [3.8, 4) is 5.75 Å². The molecule has 1 heterocycles. The van der Waals surface area contributed by atoms with Crippen LogP contribution in [0.25, 0.3) is 5.57 Å². The number of anilines is 1. The molecular weight excluding hydrogens is 504 g/mol. The molecule has 0 spiro atoms. The lowest BCUT2D eigenvalue weighted by Gasteiger charge is -2.40. The van der Waals surface area contributed by atoms with Crippen LogP contribution < -0.4 is 15.4 Å². The Morgan fingerprint density at radius 2 is 1.67 bits per heavy atom. The first-order chi connectivity index (χ1) is 18.7. The number of fused-ring (bicyclic) bond motifs is 1. The second-order valence-corrected chi connectivity index (χ2v) is 11.8. The number of amides is 1. The first-order valence-electron chi connectivity index (χ1n) is 15.0. The maximum Gasteiger partial charge on any atom is 0.251 e. The van der Waals surface area contributed by atoms with Crippen LogP contribution in [0.4, 0.5) is 5.69 Å². The Labute approximate surface area is 241 Å². The van der Waals surface area contributed by atoms with Gasteiger partial charge in [0.2, 0.25) is 0 Å². The molecule has 2 aliphatic rings. The van der Waals surface area contributed by atoms with Gasteiger partial charge < -0.3 is 15.4 Å². The van der Waals surface area contributed by atoms with Gasteiger partial charge in [-0.15, -0.1) is 0 Å². The number of benzene rings is 2. The van der Waals surface area contributed by atoms with Crippen LogP contribution in [-0.4, -0.2) is 24.1 Å². The van der Waals surface area contributed by atoms with E-state index in [0.717, 1.165) is 89.4 Å². The lowest BCUT2D eigenvalue weighted by molar-refractivity contribution is 0.0474. The van der Waals surface area contributed by atoms with Gasteiger partial charge in [0.05, 0.1) is 10.7 Å². The number of aryl methyl sites for hydroxylation is 2. The Morgan fingerprint density at radius 3 is 2.26 bits per heavy atom. The van der Waals surface area contributed by atoms with Gasteiger partial charge in [-0.2, -0.15) is 0 Å². The van der Waals surface area contributed by atoms with Crippen molar-refractivity contribution < 1.29 is 9.53 Å². The third-order valence-corrected chi connectivity index (χ3v) is 8.24. The number of hydrogen-bond donors (Lipinski definition) is 2. The molecule has 2 N–H and O–H groups in total. The van der Waals surface area contributed by atoms with E-state index >= 15 is 0 Å². The fourth-order valence-corrected chi connectivity index (χ4v) is 6.28. The van der Waals surface area contributed by atoms with Gasteiger partial charge in [-0.25, -0.2) is 0 Å². The molecule has 0 aromatic heterocycles. The molecule has 4 nitrogen and oxygen atoms in total. The lowest BCUT2D eigenvalue weighted by Crippen LogP contribution is -2.39. The quantitative estimate of drug-likeness (QED) is 0.325. The number of carbonyl (C=O) groups excluding carboxylic acids is 1. The highest BCUT2D eigenvalue weighted by molar-refractivity contribution is 6.33. The summed E-state index contributed by atoms with van der Waals surface area (Å²) >= 11 is 6.58. The second kappa shape index (κ2) is 14.8. The summed E-state index contributed by atoms with van der Waals surface area (Å²) in [6.45, 7) is 15.5. The van der Waals surface area contributed by atoms with Crippen LogP contribution in [0.5, 0.6) is 5.75 Å². The van der Waals surface area contributed by atoms with Crippen molar-refractivity contribution in [2.24, 2.45) is 0 Å². The van der Waals surface area contributed by atoms with Gasteiger partial charge in [0.15, 0.2) is 0 Å². The first kappa shape index (κ1) is 31.1. The van der Waals surface area contributed by atoms with Crippen LogP contribution >= 0.6 is 11.6 Å². The minimum absolute atomic E-state index is 0.0439. The average Bonchev–Trinajstić information content (AvgIpc) is 2.90. The number of hydrogen-bond acceptors (Lipinski definition) is 3. The zero-order valence-corrected chi connectivity index (χ0v) is 25.6. The third-order valence-electron chi connectivity index (χ3n) is 7.93. The molecule has 0 unspecified atom stereocenters. The molecule has 5 heteroatoms. The SMILES string of the molecule is C=C1CC(CCC)(CCC)Oc2cc(NC3CCCCC3)c(Cl)cc21.CCCNC(=O)c1c(C)cccc1C. The molecule has 1 aliphatic carbocycles. The average molecular weight is 553 g/mol. The van der Waals surface area contributed by atoms with E-state index in [0.29, 0.717) is 6.04 Å². The van der Waals surface area contributed by atoms with Crippen LogP contribution in [0, 0.1) is 13.8 Å². The molecule has 1 fully saturated rings. The van der Waals surface area contributed by atoms with Crippen LogP contribution in [0.3, 0.4) is 0 Å². The zero-order chi connectivity index (χ0) is 28.4. The van der Waals surface area contributed by atoms with E-state index < -0.39 is 0 Å².